The van der Waals surface area contributed by atoms with Crippen molar-refractivity contribution in [2.75, 3.05) is 18.4 Å². The Hall–Kier alpha value is -2.08. The van der Waals surface area contributed by atoms with E-state index in [1.54, 1.807) is 0 Å². The van der Waals surface area contributed by atoms with Crippen molar-refractivity contribution in [3.05, 3.63) is 30.3 Å². The fourth-order valence-corrected chi connectivity index (χ4v) is 2.96. The Kier molecular flexibility index (Phi) is 6.42. The minimum Gasteiger partial charge on any atom is -0.382 e. The second-order valence-corrected chi connectivity index (χ2v) is 7.69. The molecule has 1 unspecified atom stereocenters. The van der Waals surface area contributed by atoms with Crippen molar-refractivity contribution in [3.8, 4) is 0 Å². The first kappa shape index (κ1) is 19.2. The molecular formula is C19H30N4O2. The first-order valence-corrected chi connectivity index (χ1v) is 8.93. The third kappa shape index (κ3) is 6.38. The fraction of sp³-hybridized carbons (Fsp3) is 0.579. The quantitative estimate of drug-likeness (QED) is 0.783. The van der Waals surface area contributed by atoms with Crippen molar-refractivity contribution in [3.63, 3.8) is 0 Å². The number of hydrogen-bond acceptors (Lipinski definition) is 4. The van der Waals surface area contributed by atoms with Crippen LogP contribution in [0.25, 0.3) is 0 Å². The van der Waals surface area contributed by atoms with E-state index in [0.29, 0.717) is 6.04 Å². The molecule has 2 rings (SSSR count). The molecule has 1 heterocycles. The Morgan fingerprint density at radius 2 is 1.72 bits per heavy atom. The number of carbonyl (C=O) groups excluding carboxylic acids is 2. The zero-order valence-electron chi connectivity index (χ0n) is 15.6. The lowest BCUT2D eigenvalue weighted by Gasteiger charge is -2.36. The zero-order chi connectivity index (χ0) is 18.4. The number of amides is 3. The van der Waals surface area contributed by atoms with Crippen LogP contribution in [-0.2, 0) is 4.79 Å². The third-order valence-corrected chi connectivity index (χ3v) is 4.33. The van der Waals surface area contributed by atoms with Gasteiger partial charge in [0.15, 0.2) is 0 Å². The molecule has 1 aliphatic heterocycles. The van der Waals surface area contributed by atoms with Gasteiger partial charge in [-0.3, -0.25) is 15.0 Å². The van der Waals surface area contributed by atoms with Crippen LogP contribution in [0.1, 0.15) is 40.5 Å². The SMILES string of the molecule is CC(C(=O)NC(=O)NC(C)(C)C)N1CCC(Nc2ccccc2)CC1. The van der Waals surface area contributed by atoms with Crippen LogP contribution in [-0.4, -0.2) is 47.6 Å². The van der Waals surface area contributed by atoms with Gasteiger partial charge in [-0.2, -0.15) is 0 Å². The topological polar surface area (TPSA) is 73.5 Å². The third-order valence-electron chi connectivity index (χ3n) is 4.33. The van der Waals surface area contributed by atoms with Crippen molar-refractivity contribution in [1.82, 2.24) is 15.5 Å². The normalized spacial score (nSPS) is 17.6. The van der Waals surface area contributed by atoms with Crippen LogP contribution in [0.4, 0.5) is 10.5 Å². The number of nitrogens with one attached hydrogen (secondary N) is 3. The molecule has 6 nitrogen and oxygen atoms in total. The van der Waals surface area contributed by atoms with Crippen molar-refractivity contribution in [2.45, 2.75) is 58.2 Å². The van der Waals surface area contributed by atoms with Gasteiger partial charge in [0.2, 0.25) is 5.91 Å². The number of nitrogens with zero attached hydrogens (tertiary/aromatic N) is 1. The van der Waals surface area contributed by atoms with Gasteiger partial charge in [0.1, 0.15) is 0 Å². The molecule has 0 spiro atoms. The fourth-order valence-electron chi connectivity index (χ4n) is 2.96. The number of likely N-dealkylation sites (tertiary alicyclic amines) is 1. The van der Waals surface area contributed by atoms with Crippen LogP contribution in [0.3, 0.4) is 0 Å². The highest BCUT2D eigenvalue weighted by atomic mass is 16.2. The van der Waals surface area contributed by atoms with E-state index < -0.39 is 6.03 Å². The standard InChI is InChI=1S/C19H30N4O2/c1-14(17(24)21-18(25)22-19(2,3)4)23-12-10-16(11-13-23)20-15-8-6-5-7-9-15/h5-9,14,16,20H,10-13H2,1-4H3,(H2,21,22,24,25). The average molecular weight is 346 g/mol. The molecule has 6 heteroatoms. The van der Waals surface area contributed by atoms with Gasteiger partial charge >= 0.3 is 6.03 Å². The minimum absolute atomic E-state index is 0.254. The van der Waals surface area contributed by atoms with E-state index in [4.69, 9.17) is 0 Å². The van der Waals surface area contributed by atoms with Crippen LogP contribution in [0.2, 0.25) is 0 Å². The Balaban J connectivity index is 1.77. The Morgan fingerprint density at radius 1 is 1.12 bits per heavy atom. The Bertz CT molecular complexity index is 575. The van der Waals surface area contributed by atoms with Crippen LogP contribution >= 0.6 is 0 Å². The molecular weight excluding hydrogens is 316 g/mol. The molecule has 1 aliphatic rings. The molecule has 138 valence electrons. The minimum atomic E-state index is -0.440. The summed E-state index contributed by atoms with van der Waals surface area (Å²) in [7, 11) is 0. The number of benzene rings is 1. The van der Waals surface area contributed by atoms with E-state index in [2.05, 4.69) is 33.0 Å². The van der Waals surface area contributed by atoms with Crippen molar-refractivity contribution in [1.29, 1.82) is 0 Å². The summed E-state index contributed by atoms with van der Waals surface area (Å²) in [6, 6.07) is 9.83. The summed E-state index contributed by atoms with van der Waals surface area (Å²) in [6.07, 6.45) is 1.95. The molecule has 0 radical (unpaired) electrons. The van der Waals surface area contributed by atoms with E-state index in [9.17, 15) is 9.59 Å². The molecule has 0 bridgehead atoms. The predicted molar refractivity (Wildman–Crippen MR) is 101 cm³/mol. The van der Waals surface area contributed by atoms with Crippen LogP contribution in [0, 0.1) is 0 Å². The maximum atomic E-state index is 12.3. The second kappa shape index (κ2) is 8.34. The largest absolute Gasteiger partial charge is 0.382 e. The van der Waals surface area contributed by atoms with Gasteiger partial charge in [0.25, 0.3) is 0 Å². The molecule has 3 N–H and O–H groups in total. The highest BCUT2D eigenvalue weighted by molar-refractivity contribution is 5.97. The first-order chi connectivity index (χ1) is 11.7. The van der Waals surface area contributed by atoms with Gasteiger partial charge in [-0.1, -0.05) is 18.2 Å². The molecule has 1 saturated heterocycles. The molecule has 25 heavy (non-hydrogen) atoms. The van der Waals surface area contributed by atoms with Crippen molar-refractivity contribution < 1.29 is 9.59 Å². The number of hydrogen-bond donors (Lipinski definition) is 3. The molecule has 1 aromatic rings. The Labute approximate surface area is 150 Å². The lowest BCUT2D eigenvalue weighted by atomic mass is 10.0. The predicted octanol–water partition coefficient (Wildman–Crippen LogP) is 2.58. The van der Waals surface area contributed by atoms with Crippen LogP contribution in [0.5, 0.6) is 0 Å². The number of urea groups is 1. The lowest BCUT2D eigenvalue weighted by Crippen LogP contribution is -2.54. The number of piperidine rings is 1. The number of anilines is 1. The van der Waals surface area contributed by atoms with Gasteiger partial charge in [-0.25, -0.2) is 4.79 Å². The number of imide groups is 1. The maximum Gasteiger partial charge on any atom is 0.321 e. The average Bonchev–Trinajstić information content (AvgIpc) is 2.54. The summed E-state index contributed by atoms with van der Waals surface area (Å²) in [5.74, 6) is -0.254. The summed E-state index contributed by atoms with van der Waals surface area (Å²) >= 11 is 0. The second-order valence-electron chi connectivity index (χ2n) is 7.69. The molecule has 1 fully saturated rings. The van der Waals surface area contributed by atoms with E-state index >= 15 is 0 Å². The Morgan fingerprint density at radius 3 is 2.28 bits per heavy atom. The first-order valence-electron chi connectivity index (χ1n) is 8.93. The van der Waals surface area contributed by atoms with Gasteiger partial charge in [0, 0.05) is 30.4 Å². The highest BCUT2D eigenvalue weighted by Crippen LogP contribution is 2.18. The van der Waals surface area contributed by atoms with Crippen LogP contribution < -0.4 is 16.0 Å². The van der Waals surface area contributed by atoms with Crippen molar-refractivity contribution in [2.24, 2.45) is 0 Å². The smallest absolute Gasteiger partial charge is 0.321 e. The molecule has 1 atom stereocenters. The van der Waals surface area contributed by atoms with E-state index in [-0.39, 0.29) is 17.5 Å². The van der Waals surface area contributed by atoms with Gasteiger partial charge in [0.05, 0.1) is 6.04 Å². The molecule has 0 aliphatic carbocycles. The van der Waals surface area contributed by atoms with Crippen molar-refractivity contribution >= 4 is 17.6 Å². The summed E-state index contributed by atoms with van der Waals surface area (Å²) in [5, 5.41) is 8.72. The summed E-state index contributed by atoms with van der Waals surface area (Å²) in [6.45, 7) is 9.16. The maximum absolute atomic E-state index is 12.3. The van der Waals surface area contributed by atoms with Crippen LogP contribution in [0.15, 0.2) is 30.3 Å². The summed E-state index contributed by atoms with van der Waals surface area (Å²) in [5.41, 5.74) is 0.764. The molecule has 0 aromatic heterocycles. The highest BCUT2D eigenvalue weighted by Gasteiger charge is 2.28. The van der Waals surface area contributed by atoms with Gasteiger partial charge < -0.3 is 10.6 Å². The number of para-hydroxylation sites is 1. The lowest BCUT2D eigenvalue weighted by molar-refractivity contribution is -0.125. The van der Waals surface area contributed by atoms with Gasteiger partial charge in [-0.05, 0) is 52.7 Å². The van der Waals surface area contributed by atoms with E-state index in [0.717, 1.165) is 31.6 Å². The monoisotopic (exact) mass is 346 g/mol. The molecule has 1 aromatic carbocycles. The molecule has 0 saturated carbocycles. The molecule has 3 amide bonds. The number of rotatable bonds is 4. The van der Waals surface area contributed by atoms with Gasteiger partial charge in [-0.15, -0.1) is 0 Å². The number of carbonyl (C=O) groups is 2. The zero-order valence-corrected chi connectivity index (χ0v) is 15.6. The van der Waals surface area contributed by atoms with E-state index in [1.807, 2.05) is 45.9 Å². The van der Waals surface area contributed by atoms with E-state index in [1.165, 1.54) is 0 Å². The summed E-state index contributed by atoms with van der Waals surface area (Å²) in [4.78, 5) is 26.2. The summed E-state index contributed by atoms with van der Waals surface area (Å²) < 4.78 is 0.